The van der Waals surface area contributed by atoms with Gasteiger partial charge in [-0.3, -0.25) is 0 Å². The second-order valence-corrected chi connectivity index (χ2v) is 6.43. The largest absolute Gasteiger partial charge is 0.319 e. The van der Waals surface area contributed by atoms with E-state index in [1.165, 1.54) is 0 Å². The quantitative estimate of drug-likeness (QED) is 0.660. The van der Waals surface area contributed by atoms with Crippen LogP contribution in [0.25, 0.3) is 0 Å². The lowest BCUT2D eigenvalue weighted by molar-refractivity contribution is 0.261. The fraction of sp³-hybridized carbons (Fsp3) is 1.00. The topological polar surface area (TPSA) is 61.4 Å². The Balaban J connectivity index is 2.46. The smallest absolute Gasteiger partial charge is 0.279 e. The summed E-state index contributed by atoms with van der Waals surface area (Å²) in [6, 6.07) is 0. The van der Waals surface area contributed by atoms with Crippen molar-refractivity contribution in [1.82, 2.24) is 14.3 Å². The van der Waals surface area contributed by atoms with E-state index in [4.69, 9.17) is 0 Å². The summed E-state index contributed by atoms with van der Waals surface area (Å²) in [6.07, 6.45) is 3.97. The van der Waals surface area contributed by atoms with Crippen molar-refractivity contribution in [3.8, 4) is 0 Å². The third kappa shape index (κ3) is 4.91. The monoisotopic (exact) mass is 263 g/mol. The van der Waals surface area contributed by atoms with Crippen molar-refractivity contribution in [3.63, 3.8) is 0 Å². The Labute approximate surface area is 105 Å². The van der Waals surface area contributed by atoms with Crippen LogP contribution >= 0.6 is 0 Å². The molecule has 0 aromatic rings. The van der Waals surface area contributed by atoms with Crippen molar-refractivity contribution in [1.29, 1.82) is 0 Å². The van der Waals surface area contributed by atoms with Crippen LogP contribution in [0.1, 0.15) is 32.6 Å². The number of unbranched alkanes of at least 4 members (excludes halogenated alkanes) is 1. The maximum absolute atomic E-state index is 12.0. The van der Waals surface area contributed by atoms with Gasteiger partial charge in [0.2, 0.25) is 0 Å². The molecule has 1 atom stereocenters. The highest BCUT2D eigenvalue weighted by molar-refractivity contribution is 7.87. The molecule has 17 heavy (non-hydrogen) atoms. The third-order valence-corrected chi connectivity index (χ3v) is 4.71. The first-order chi connectivity index (χ1) is 8.10. The van der Waals surface area contributed by atoms with Gasteiger partial charge in [0, 0.05) is 19.6 Å². The van der Waals surface area contributed by atoms with E-state index in [0.29, 0.717) is 25.6 Å². The summed E-state index contributed by atoms with van der Waals surface area (Å²) in [4.78, 5) is 0. The lowest BCUT2D eigenvalue weighted by atomic mass is 10.00. The molecule has 102 valence electrons. The van der Waals surface area contributed by atoms with Crippen LogP contribution in [0.5, 0.6) is 0 Å². The molecule has 0 aromatic heterocycles. The standard InChI is InChI=1S/C11H25N3O2S/c1-3-4-7-13-17(15,16)14-8-5-6-11(10-14)9-12-2/h11-13H,3-10H2,1-2H3. The zero-order valence-corrected chi connectivity index (χ0v) is 11.7. The molecular weight excluding hydrogens is 238 g/mol. The SMILES string of the molecule is CCCCNS(=O)(=O)N1CCCC(CNC)C1. The molecule has 1 aliphatic rings. The first kappa shape index (κ1) is 14.9. The number of piperidine rings is 1. The van der Waals surface area contributed by atoms with Crippen LogP contribution in [-0.2, 0) is 10.2 Å². The zero-order chi connectivity index (χ0) is 12.7. The average molecular weight is 263 g/mol. The zero-order valence-electron chi connectivity index (χ0n) is 10.9. The summed E-state index contributed by atoms with van der Waals surface area (Å²) in [5.74, 6) is 0.441. The molecule has 0 spiro atoms. The molecule has 1 aliphatic heterocycles. The minimum atomic E-state index is -3.25. The number of nitrogens with one attached hydrogen (secondary N) is 2. The Hall–Kier alpha value is -0.170. The van der Waals surface area contributed by atoms with Crippen LogP contribution < -0.4 is 10.0 Å². The Kier molecular flexibility index (Phi) is 6.40. The summed E-state index contributed by atoms with van der Waals surface area (Å²) in [5.41, 5.74) is 0. The molecule has 5 nitrogen and oxygen atoms in total. The van der Waals surface area contributed by atoms with Crippen LogP contribution in [0.15, 0.2) is 0 Å². The van der Waals surface area contributed by atoms with E-state index in [-0.39, 0.29) is 0 Å². The van der Waals surface area contributed by atoms with Crippen molar-refractivity contribution in [2.45, 2.75) is 32.6 Å². The molecule has 1 fully saturated rings. The first-order valence-electron chi connectivity index (χ1n) is 6.49. The molecule has 1 heterocycles. The van der Waals surface area contributed by atoms with Gasteiger partial charge in [-0.25, -0.2) is 4.72 Å². The molecule has 0 aliphatic carbocycles. The van der Waals surface area contributed by atoms with Crippen molar-refractivity contribution < 1.29 is 8.42 Å². The highest BCUT2D eigenvalue weighted by Crippen LogP contribution is 2.17. The van der Waals surface area contributed by atoms with E-state index < -0.39 is 10.2 Å². The third-order valence-electron chi connectivity index (χ3n) is 3.13. The van der Waals surface area contributed by atoms with Crippen molar-refractivity contribution in [2.75, 3.05) is 33.2 Å². The Morgan fingerprint density at radius 3 is 2.82 bits per heavy atom. The summed E-state index contributed by atoms with van der Waals surface area (Å²) in [5, 5.41) is 3.12. The van der Waals surface area contributed by atoms with Crippen LogP contribution in [-0.4, -0.2) is 45.9 Å². The van der Waals surface area contributed by atoms with Gasteiger partial charge >= 0.3 is 0 Å². The molecule has 0 radical (unpaired) electrons. The van der Waals surface area contributed by atoms with Crippen LogP contribution in [0.3, 0.4) is 0 Å². The Morgan fingerprint density at radius 2 is 2.18 bits per heavy atom. The molecule has 2 N–H and O–H groups in total. The summed E-state index contributed by atoms with van der Waals surface area (Å²) >= 11 is 0. The summed E-state index contributed by atoms with van der Waals surface area (Å²) in [7, 11) is -1.34. The highest BCUT2D eigenvalue weighted by Gasteiger charge is 2.27. The summed E-state index contributed by atoms with van der Waals surface area (Å²) < 4.78 is 28.3. The fourth-order valence-electron chi connectivity index (χ4n) is 2.17. The van der Waals surface area contributed by atoms with Crippen LogP contribution in [0.2, 0.25) is 0 Å². The summed E-state index contributed by atoms with van der Waals surface area (Å²) in [6.45, 7) is 4.79. The van der Waals surface area contributed by atoms with Crippen molar-refractivity contribution >= 4 is 10.2 Å². The minimum absolute atomic E-state index is 0.441. The van der Waals surface area contributed by atoms with Gasteiger partial charge in [0.05, 0.1) is 0 Å². The molecule has 1 rings (SSSR count). The van der Waals surface area contributed by atoms with E-state index in [1.807, 2.05) is 7.05 Å². The van der Waals surface area contributed by atoms with Gasteiger partial charge in [0.15, 0.2) is 0 Å². The van der Waals surface area contributed by atoms with Gasteiger partial charge in [0.1, 0.15) is 0 Å². The van der Waals surface area contributed by atoms with Gasteiger partial charge in [-0.05, 0) is 38.8 Å². The number of hydrogen-bond acceptors (Lipinski definition) is 3. The van der Waals surface area contributed by atoms with E-state index in [0.717, 1.165) is 32.2 Å². The predicted octanol–water partition coefficient (Wildman–Crippen LogP) is 0.552. The van der Waals surface area contributed by atoms with E-state index in [9.17, 15) is 8.42 Å². The van der Waals surface area contributed by atoms with Crippen molar-refractivity contribution in [3.05, 3.63) is 0 Å². The average Bonchev–Trinajstić information content (AvgIpc) is 2.30. The lowest BCUT2D eigenvalue weighted by Gasteiger charge is -2.31. The first-order valence-corrected chi connectivity index (χ1v) is 7.93. The second kappa shape index (κ2) is 7.31. The van der Waals surface area contributed by atoms with Gasteiger partial charge in [-0.15, -0.1) is 0 Å². The van der Waals surface area contributed by atoms with E-state index in [2.05, 4.69) is 17.0 Å². The molecular formula is C11H25N3O2S. The Bertz CT molecular complexity index is 304. The van der Waals surface area contributed by atoms with Gasteiger partial charge < -0.3 is 5.32 Å². The Morgan fingerprint density at radius 1 is 1.41 bits per heavy atom. The van der Waals surface area contributed by atoms with Gasteiger partial charge in [0.25, 0.3) is 10.2 Å². The van der Waals surface area contributed by atoms with E-state index >= 15 is 0 Å². The fourth-order valence-corrected chi connectivity index (χ4v) is 3.53. The molecule has 0 aromatic carbocycles. The maximum atomic E-state index is 12.0. The normalized spacial score (nSPS) is 22.8. The predicted molar refractivity (Wildman–Crippen MR) is 70.1 cm³/mol. The molecule has 0 bridgehead atoms. The number of hydrogen-bond donors (Lipinski definition) is 2. The van der Waals surface area contributed by atoms with Crippen LogP contribution in [0.4, 0.5) is 0 Å². The molecule has 0 saturated carbocycles. The molecule has 1 saturated heterocycles. The number of nitrogens with zero attached hydrogens (tertiary/aromatic N) is 1. The van der Waals surface area contributed by atoms with E-state index in [1.54, 1.807) is 4.31 Å². The maximum Gasteiger partial charge on any atom is 0.279 e. The highest BCUT2D eigenvalue weighted by atomic mass is 32.2. The minimum Gasteiger partial charge on any atom is -0.319 e. The lowest BCUT2D eigenvalue weighted by Crippen LogP contribution is -2.47. The molecule has 0 amide bonds. The van der Waals surface area contributed by atoms with Crippen molar-refractivity contribution in [2.24, 2.45) is 5.92 Å². The van der Waals surface area contributed by atoms with Gasteiger partial charge in [-0.1, -0.05) is 13.3 Å². The molecule has 6 heteroatoms. The van der Waals surface area contributed by atoms with Gasteiger partial charge in [-0.2, -0.15) is 12.7 Å². The molecule has 1 unspecified atom stereocenters. The van der Waals surface area contributed by atoms with Crippen LogP contribution in [0, 0.1) is 5.92 Å². The second-order valence-electron chi connectivity index (χ2n) is 4.68. The number of rotatable bonds is 7.